The van der Waals surface area contributed by atoms with Gasteiger partial charge in [-0.15, -0.1) is 0 Å². The molecule has 13 heteroatoms. The Kier molecular flexibility index (Phi) is 8.81. The number of aromatic nitrogens is 6. The first-order valence-corrected chi connectivity index (χ1v) is 16.2. The number of anilines is 2. The molecule has 5 heterocycles. The molecule has 0 unspecified atom stereocenters. The Balaban J connectivity index is 1.13. The maximum Gasteiger partial charge on any atom is 0.285 e. The highest BCUT2D eigenvalue weighted by Crippen LogP contribution is 2.35. The van der Waals surface area contributed by atoms with E-state index in [2.05, 4.69) is 20.6 Å². The van der Waals surface area contributed by atoms with Gasteiger partial charge in [0.1, 0.15) is 28.2 Å². The molecule has 0 spiro atoms. The average Bonchev–Trinajstić information content (AvgIpc) is 3.63. The molecule has 1 aliphatic rings. The highest BCUT2D eigenvalue weighted by molar-refractivity contribution is 6.05. The van der Waals surface area contributed by atoms with E-state index in [1.165, 1.54) is 4.68 Å². The number of carbonyl (C=O) groups excluding carboxylic acids is 1. The number of ether oxygens (including phenoxy) is 2. The van der Waals surface area contributed by atoms with Gasteiger partial charge in [-0.25, -0.2) is 14.6 Å². The molecule has 3 N–H and O–H groups in total. The van der Waals surface area contributed by atoms with Crippen LogP contribution >= 0.6 is 0 Å². The van der Waals surface area contributed by atoms with E-state index in [4.69, 9.17) is 14.6 Å². The fourth-order valence-electron chi connectivity index (χ4n) is 6.03. The molecule has 0 saturated heterocycles. The third kappa shape index (κ3) is 6.48. The zero-order valence-corrected chi connectivity index (χ0v) is 27.2. The lowest BCUT2D eigenvalue weighted by Gasteiger charge is -2.18. The highest BCUT2D eigenvalue weighted by atomic mass is 16.5. The van der Waals surface area contributed by atoms with Crippen molar-refractivity contribution in [1.29, 1.82) is 0 Å². The van der Waals surface area contributed by atoms with Crippen LogP contribution in [0.1, 0.15) is 41.4 Å². The summed E-state index contributed by atoms with van der Waals surface area (Å²) >= 11 is 0. The molecule has 250 valence electrons. The van der Waals surface area contributed by atoms with Crippen molar-refractivity contribution in [2.45, 2.75) is 45.4 Å². The van der Waals surface area contributed by atoms with Crippen molar-refractivity contribution in [3.05, 3.63) is 112 Å². The van der Waals surface area contributed by atoms with E-state index in [1.54, 1.807) is 73.6 Å². The van der Waals surface area contributed by atoms with Crippen LogP contribution in [0.3, 0.4) is 0 Å². The quantitative estimate of drug-likeness (QED) is 0.174. The Morgan fingerprint density at radius 1 is 0.980 bits per heavy atom. The van der Waals surface area contributed by atoms with Crippen molar-refractivity contribution in [3.63, 3.8) is 0 Å². The number of rotatable bonds is 11. The van der Waals surface area contributed by atoms with E-state index in [9.17, 15) is 14.7 Å². The summed E-state index contributed by atoms with van der Waals surface area (Å²) in [5, 5.41) is 21.5. The van der Waals surface area contributed by atoms with Crippen LogP contribution in [-0.2, 0) is 19.5 Å². The number of hydrogen-bond donors (Lipinski definition) is 3. The van der Waals surface area contributed by atoms with Crippen LogP contribution in [0.25, 0.3) is 16.9 Å². The maximum atomic E-state index is 13.6. The van der Waals surface area contributed by atoms with Crippen LogP contribution in [0.4, 0.5) is 11.5 Å². The van der Waals surface area contributed by atoms with Gasteiger partial charge in [0.2, 0.25) is 0 Å². The van der Waals surface area contributed by atoms with Gasteiger partial charge >= 0.3 is 0 Å². The van der Waals surface area contributed by atoms with E-state index >= 15 is 0 Å². The number of nitrogens with one attached hydrogen (secondary N) is 2. The summed E-state index contributed by atoms with van der Waals surface area (Å²) in [5.41, 5.74) is 2.60. The summed E-state index contributed by atoms with van der Waals surface area (Å²) in [7, 11) is 1.63. The van der Waals surface area contributed by atoms with Gasteiger partial charge < -0.3 is 25.2 Å². The number of benzene rings is 2. The summed E-state index contributed by atoms with van der Waals surface area (Å²) in [4.78, 5) is 36.1. The molecule has 1 amide bonds. The Bertz CT molecular complexity index is 2150. The predicted molar refractivity (Wildman–Crippen MR) is 185 cm³/mol. The number of methoxy groups -OCH3 is 1. The van der Waals surface area contributed by atoms with Crippen molar-refractivity contribution in [3.8, 4) is 23.1 Å². The van der Waals surface area contributed by atoms with Gasteiger partial charge in [0.25, 0.3) is 11.5 Å². The lowest BCUT2D eigenvalue weighted by Crippen LogP contribution is -2.26. The largest absolute Gasteiger partial charge is 0.497 e. The molecule has 49 heavy (non-hydrogen) atoms. The van der Waals surface area contributed by atoms with Gasteiger partial charge in [-0.3, -0.25) is 14.3 Å². The molecular formula is C36H36N8O5. The first-order chi connectivity index (χ1) is 23.9. The van der Waals surface area contributed by atoms with E-state index in [0.717, 1.165) is 24.2 Å². The SMILES string of the molecule is COc1ccc(Cn2nc(NC[C@H](C)O)c3c(Oc4ccc(NC(=O)c5c6n(n(-c7ccccn7)c5=O)CCCC6)cc4)ccnc32)cc1. The van der Waals surface area contributed by atoms with Gasteiger partial charge in [-0.05, 0) is 80.3 Å². The smallest absolute Gasteiger partial charge is 0.285 e. The van der Waals surface area contributed by atoms with Gasteiger partial charge in [-0.2, -0.15) is 9.78 Å². The maximum absolute atomic E-state index is 13.6. The van der Waals surface area contributed by atoms with Crippen LogP contribution in [0.15, 0.2) is 90.0 Å². The Labute approximate surface area is 281 Å². The molecule has 0 saturated carbocycles. The number of aliphatic hydroxyl groups is 1. The lowest BCUT2D eigenvalue weighted by molar-refractivity contribution is 0.102. The normalized spacial score (nSPS) is 13.1. The number of hydrogen-bond acceptors (Lipinski definition) is 9. The van der Waals surface area contributed by atoms with Crippen LogP contribution in [-0.4, -0.2) is 59.9 Å². The Hall–Kier alpha value is -5.95. The minimum atomic E-state index is -0.596. The van der Waals surface area contributed by atoms with Crippen molar-refractivity contribution in [1.82, 2.24) is 29.1 Å². The Morgan fingerprint density at radius 2 is 1.78 bits per heavy atom. The molecule has 0 radical (unpaired) electrons. The molecule has 13 nitrogen and oxygen atoms in total. The fraction of sp³-hybridized carbons (Fsp3) is 0.250. The topological polar surface area (TPSA) is 150 Å². The number of amides is 1. The van der Waals surface area contributed by atoms with Crippen molar-refractivity contribution in [2.24, 2.45) is 0 Å². The molecular weight excluding hydrogens is 624 g/mol. The van der Waals surface area contributed by atoms with E-state index in [0.29, 0.717) is 65.1 Å². The zero-order chi connectivity index (χ0) is 33.9. The van der Waals surface area contributed by atoms with E-state index in [1.807, 2.05) is 35.0 Å². The minimum Gasteiger partial charge on any atom is -0.497 e. The van der Waals surface area contributed by atoms with E-state index in [-0.39, 0.29) is 17.7 Å². The molecule has 4 aromatic heterocycles. The first-order valence-electron chi connectivity index (χ1n) is 16.2. The molecule has 0 fully saturated rings. The van der Waals surface area contributed by atoms with Gasteiger partial charge in [0, 0.05) is 37.2 Å². The molecule has 0 bridgehead atoms. The minimum absolute atomic E-state index is 0.133. The summed E-state index contributed by atoms with van der Waals surface area (Å²) in [5.74, 6) is 2.36. The monoisotopic (exact) mass is 660 g/mol. The highest BCUT2D eigenvalue weighted by Gasteiger charge is 2.28. The van der Waals surface area contributed by atoms with Crippen LogP contribution in [0, 0.1) is 0 Å². The molecule has 2 aromatic carbocycles. The second-order valence-corrected chi connectivity index (χ2v) is 11.9. The van der Waals surface area contributed by atoms with Crippen molar-refractivity contribution < 1.29 is 19.4 Å². The zero-order valence-electron chi connectivity index (χ0n) is 27.2. The summed E-state index contributed by atoms with van der Waals surface area (Å²) in [6, 6.07) is 21.8. The Morgan fingerprint density at radius 3 is 2.51 bits per heavy atom. The molecule has 1 aliphatic heterocycles. The third-order valence-corrected chi connectivity index (χ3v) is 8.37. The van der Waals surface area contributed by atoms with Crippen LogP contribution in [0.5, 0.6) is 17.2 Å². The number of nitrogens with zero attached hydrogens (tertiary/aromatic N) is 6. The van der Waals surface area contributed by atoms with Crippen molar-refractivity contribution >= 4 is 28.4 Å². The summed E-state index contributed by atoms with van der Waals surface area (Å²) in [6.07, 6.45) is 5.15. The van der Waals surface area contributed by atoms with Crippen molar-refractivity contribution in [2.75, 3.05) is 24.3 Å². The van der Waals surface area contributed by atoms with Crippen LogP contribution in [0.2, 0.25) is 0 Å². The number of pyridine rings is 2. The molecule has 6 aromatic rings. The summed E-state index contributed by atoms with van der Waals surface area (Å²) < 4.78 is 16.8. The summed E-state index contributed by atoms with van der Waals surface area (Å²) in [6.45, 7) is 3.08. The standard InChI is InChI=1S/C36H36N8O5/c1-23(45)21-39-33-32-29(17-19-38-34(32)42(41-33)22-24-9-13-26(48-2)14-10-24)49-27-15-11-25(12-16-27)40-35(46)31-28-7-4-6-20-43(28)44(36(31)47)30-8-3-5-18-37-30/h3,5,8-19,23,45H,4,6-7,20-22H2,1-2H3,(H,39,41)(H,40,46)/t23-/m0/s1. The molecule has 1 atom stereocenters. The van der Waals surface area contributed by atoms with Gasteiger partial charge in [0.05, 0.1) is 25.5 Å². The van der Waals surface area contributed by atoms with E-state index < -0.39 is 12.0 Å². The predicted octanol–water partition coefficient (Wildman–Crippen LogP) is 5.01. The average molecular weight is 661 g/mol. The number of carbonyl (C=O) groups is 1. The van der Waals surface area contributed by atoms with Gasteiger partial charge in [-0.1, -0.05) is 18.2 Å². The number of aliphatic hydroxyl groups excluding tert-OH is 1. The number of fused-ring (bicyclic) bond motifs is 2. The molecule has 7 rings (SSSR count). The molecule has 0 aliphatic carbocycles. The third-order valence-electron chi connectivity index (χ3n) is 8.37. The fourth-order valence-corrected chi connectivity index (χ4v) is 6.03. The second-order valence-electron chi connectivity index (χ2n) is 11.9. The van der Waals surface area contributed by atoms with Gasteiger partial charge in [0.15, 0.2) is 17.3 Å². The van der Waals surface area contributed by atoms with Crippen LogP contribution < -0.4 is 25.7 Å². The second kappa shape index (κ2) is 13.6. The first kappa shape index (κ1) is 31.6. The lowest BCUT2D eigenvalue weighted by atomic mass is 10.1.